The molecule has 0 aliphatic carbocycles. The summed E-state index contributed by atoms with van der Waals surface area (Å²) in [6, 6.07) is 3.46. The molecule has 1 aromatic rings. The normalized spacial score (nSPS) is 7.94. The molecule has 5 nitrogen and oxygen atoms in total. The van der Waals surface area contributed by atoms with Gasteiger partial charge in [0.2, 0.25) is 0 Å². The van der Waals surface area contributed by atoms with Crippen molar-refractivity contribution in [3.63, 3.8) is 0 Å². The molecule has 88 valence electrons. The summed E-state index contributed by atoms with van der Waals surface area (Å²) >= 11 is 0. The quantitative estimate of drug-likeness (QED) is 0.558. The Morgan fingerprint density at radius 2 is 1.88 bits per heavy atom. The van der Waals surface area contributed by atoms with Gasteiger partial charge in [-0.15, -0.1) is 6.42 Å². The molecule has 0 aromatic heterocycles. The predicted molar refractivity (Wildman–Crippen MR) is 60.3 cm³/mol. The fraction of sp³-hybridized carbons (Fsp3) is 0.0833. The molecule has 0 aliphatic rings. The van der Waals surface area contributed by atoms with Crippen LogP contribution < -0.4 is 0 Å². The Kier molecular flexibility index (Phi) is 5.73. The van der Waals surface area contributed by atoms with Crippen LogP contribution >= 0.6 is 0 Å². The summed E-state index contributed by atoms with van der Waals surface area (Å²) < 4.78 is 4.71. The van der Waals surface area contributed by atoms with Crippen molar-refractivity contribution in [1.82, 2.24) is 0 Å². The van der Waals surface area contributed by atoms with Gasteiger partial charge in [-0.3, -0.25) is 0 Å². The molecule has 17 heavy (non-hydrogen) atoms. The number of hydrogen-bond donors (Lipinski definition) is 2. The van der Waals surface area contributed by atoms with Crippen molar-refractivity contribution in [1.29, 1.82) is 0 Å². The van der Waals surface area contributed by atoms with Crippen molar-refractivity contribution in [3.05, 3.63) is 23.8 Å². The third-order valence-electron chi connectivity index (χ3n) is 1.57. The highest BCUT2D eigenvalue weighted by atomic mass is 16.5. The first-order chi connectivity index (χ1) is 7.63. The predicted octanol–water partition coefficient (Wildman–Crippen LogP) is 0.0665. The number of carbonyl (C=O) groups is 1. The van der Waals surface area contributed by atoms with Crippen LogP contribution in [0.1, 0.15) is 10.4 Å². The van der Waals surface area contributed by atoms with Crippen LogP contribution in [0.25, 0.3) is 0 Å². The van der Waals surface area contributed by atoms with E-state index in [-0.39, 0.29) is 29.1 Å². The summed E-state index contributed by atoms with van der Waals surface area (Å²) in [7, 11) is 0. The zero-order valence-electron chi connectivity index (χ0n) is 8.73. The van der Waals surface area contributed by atoms with Crippen LogP contribution in [0.3, 0.4) is 0 Å². The Bertz CT molecular complexity index is 482. The van der Waals surface area contributed by atoms with Crippen molar-refractivity contribution in [2.24, 2.45) is 0 Å². The van der Waals surface area contributed by atoms with Gasteiger partial charge < -0.3 is 20.4 Å². The molecule has 1 rings (SSSR count). The van der Waals surface area contributed by atoms with Crippen LogP contribution in [0.2, 0.25) is 0 Å². The highest BCUT2D eigenvalue weighted by molar-refractivity contribution is 5.90. The standard InChI is InChI=1S/C12H8O4.H2O/c1-2-3-4-5-16-12(15)9-6-10(13)8-11(14)7-9;/h1,6-8,13-14H,5H2;1H2. The Hall–Kier alpha value is -2.63. The number of phenols is 2. The lowest BCUT2D eigenvalue weighted by Crippen LogP contribution is -2.05. The third-order valence-corrected chi connectivity index (χ3v) is 1.57. The molecule has 0 fully saturated rings. The van der Waals surface area contributed by atoms with Gasteiger partial charge in [0.25, 0.3) is 0 Å². The number of rotatable bonds is 2. The first-order valence-electron chi connectivity index (χ1n) is 4.27. The van der Waals surface area contributed by atoms with E-state index >= 15 is 0 Å². The molecule has 0 spiro atoms. The maximum Gasteiger partial charge on any atom is 0.339 e. The molecule has 1 aromatic carbocycles. The van der Waals surface area contributed by atoms with Crippen LogP contribution in [0, 0.1) is 24.2 Å². The number of ether oxygens (including phenoxy) is 1. The number of carbonyl (C=O) groups excluding carboxylic acids is 1. The second-order valence-corrected chi connectivity index (χ2v) is 2.76. The van der Waals surface area contributed by atoms with E-state index < -0.39 is 5.97 Å². The Balaban J connectivity index is 0.00000256. The van der Waals surface area contributed by atoms with Gasteiger partial charge in [0.1, 0.15) is 11.5 Å². The first kappa shape index (κ1) is 14.4. The van der Waals surface area contributed by atoms with Gasteiger partial charge >= 0.3 is 5.97 Å². The van der Waals surface area contributed by atoms with Gasteiger partial charge in [-0.05, 0) is 29.9 Å². The number of terminal acetylenes is 1. The maximum absolute atomic E-state index is 11.3. The van der Waals surface area contributed by atoms with Crippen molar-refractivity contribution < 1.29 is 25.2 Å². The number of esters is 1. The van der Waals surface area contributed by atoms with Gasteiger partial charge in [-0.1, -0.05) is 0 Å². The highest BCUT2D eigenvalue weighted by Crippen LogP contribution is 2.20. The smallest absolute Gasteiger partial charge is 0.339 e. The van der Waals surface area contributed by atoms with Crippen LogP contribution in [0.4, 0.5) is 0 Å². The van der Waals surface area contributed by atoms with Gasteiger partial charge in [0.15, 0.2) is 6.61 Å². The zero-order chi connectivity index (χ0) is 12.0. The minimum Gasteiger partial charge on any atom is -0.508 e. The van der Waals surface area contributed by atoms with Gasteiger partial charge in [-0.2, -0.15) is 0 Å². The summed E-state index contributed by atoms with van der Waals surface area (Å²) in [6.45, 7) is -0.139. The van der Waals surface area contributed by atoms with E-state index in [2.05, 4.69) is 17.8 Å². The molecule has 0 aliphatic heterocycles. The Morgan fingerprint density at radius 1 is 1.29 bits per heavy atom. The zero-order valence-corrected chi connectivity index (χ0v) is 8.73. The van der Waals surface area contributed by atoms with Crippen molar-refractivity contribution in [2.45, 2.75) is 0 Å². The minimum absolute atomic E-state index is 0. The van der Waals surface area contributed by atoms with E-state index in [4.69, 9.17) is 21.4 Å². The monoisotopic (exact) mass is 234 g/mol. The van der Waals surface area contributed by atoms with E-state index in [1.165, 1.54) is 12.1 Å². The van der Waals surface area contributed by atoms with E-state index in [1.54, 1.807) is 0 Å². The highest BCUT2D eigenvalue weighted by Gasteiger charge is 2.08. The lowest BCUT2D eigenvalue weighted by atomic mass is 10.2. The van der Waals surface area contributed by atoms with E-state index in [0.29, 0.717) is 0 Å². The van der Waals surface area contributed by atoms with Crippen LogP contribution in [0.5, 0.6) is 11.5 Å². The number of benzene rings is 1. The first-order valence-corrected chi connectivity index (χ1v) is 4.27. The lowest BCUT2D eigenvalue weighted by molar-refractivity contribution is 0.0555. The summed E-state index contributed by atoms with van der Waals surface area (Å²) in [5.74, 6) is 5.62. The van der Waals surface area contributed by atoms with Crippen molar-refractivity contribution in [3.8, 4) is 35.7 Å². The molecule has 0 unspecified atom stereocenters. The molecule has 0 saturated heterocycles. The molecule has 0 atom stereocenters. The van der Waals surface area contributed by atoms with Gasteiger partial charge in [-0.25, -0.2) is 4.79 Å². The van der Waals surface area contributed by atoms with Crippen molar-refractivity contribution >= 4 is 5.97 Å². The third kappa shape index (κ3) is 4.61. The second kappa shape index (κ2) is 6.78. The Morgan fingerprint density at radius 3 is 2.41 bits per heavy atom. The second-order valence-electron chi connectivity index (χ2n) is 2.76. The topological polar surface area (TPSA) is 98.3 Å². The molecular formula is C12H10O5. The maximum atomic E-state index is 11.3. The lowest BCUT2D eigenvalue weighted by Gasteiger charge is -2.02. The fourth-order valence-corrected chi connectivity index (χ4v) is 0.985. The number of phenolic OH excluding ortho intramolecular Hbond substituents is 2. The van der Waals surface area contributed by atoms with Crippen LogP contribution in [-0.4, -0.2) is 28.3 Å². The molecule has 0 saturated carbocycles. The largest absolute Gasteiger partial charge is 0.508 e. The summed E-state index contributed by atoms with van der Waals surface area (Å²) in [5.41, 5.74) is 0.0417. The molecular weight excluding hydrogens is 224 g/mol. The number of hydrogen-bond acceptors (Lipinski definition) is 4. The molecule has 0 heterocycles. The SMILES string of the molecule is C#CC#CCOC(=O)c1cc(O)cc(O)c1.O. The summed E-state index contributed by atoms with van der Waals surface area (Å²) in [6.07, 6.45) is 4.87. The Labute approximate surface area is 98.0 Å². The summed E-state index contributed by atoms with van der Waals surface area (Å²) in [4.78, 5) is 11.3. The molecule has 0 amide bonds. The van der Waals surface area contributed by atoms with Gasteiger partial charge in [0.05, 0.1) is 5.56 Å². The van der Waals surface area contributed by atoms with E-state index in [1.807, 2.05) is 0 Å². The van der Waals surface area contributed by atoms with Crippen LogP contribution in [0.15, 0.2) is 18.2 Å². The van der Waals surface area contributed by atoms with E-state index in [0.717, 1.165) is 6.07 Å². The molecule has 0 bridgehead atoms. The van der Waals surface area contributed by atoms with E-state index in [9.17, 15) is 4.79 Å². The molecule has 4 N–H and O–H groups in total. The molecule has 0 radical (unpaired) electrons. The fourth-order valence-electron chi connectivity index (χ4n) is 0.985. The average Bonchev–Trinajstić information content (AvgIpc) is 2.22. The molecule has 5 heteroatoms. The minimum atomic E-state index is -0.697. The van der Waals surface area contributed by atoms with Crippen molar-refractivity contribution in [2.75, 3.05) is 6.61 Å². The number of aromatic hydroxyl groups is 2. The van der Waals surface area contributed by atoms with Crippen LogP contribution in [-0.2, 0) is 4.74 Å². The van der Waals surface area contributed by atoms with Gasteiger partial charge in [0, 0.05) is 6.07 Å². The summed E-state index contributed by atoms with van der Waals surface area (Å²) in [5, 5.41) is 18.3. The average molecular weight is 234 g/mol.